The summed E-state index contributed by atoms with van der Waals surface area (Å²) in [5, 5.41) is 0. The van der Waals surface area contributed by atoms with Crippen molar-refractivity contribution < 1.29 is 19.0 Å². The minimum Gasteiger partial charge on any atom is -0.490 e. The maximum absolute atomic E-state index is 13.0. The predicted molar refractivity (Wildman–Crippen MR) is 140 cm³/mol. The molecule has 0 bridgehead atoms. The van der Waals surface area contributed by atoms with Crippen molar-refractivity contribution in [2.24, 2.45) is 0 Å². The van der Waals surface area contributed by atoms with E-state index in [0.717, 1.165) is 35.0 Å². The molecule has 0 radical (unpaired) electrons. The summed E-state index contributed by atoms with van der Waals surface area (Å²) in [5.41, 5.74) is 3.12. The molecule has 33 heavy (non-hydrogen) atoms. The summed E-state index contributed by atoms with van der Waals surface area (Å²) in [6, 6.07) is 12.0. The maximum Gasteiger partial charge on any atom is 0.266 e. The zero-order chi connectivity index (χ0) is 23.4. The number of rotatable bonds is 8. The molecular formula is C25H26BrNO4S2. The average molecular weight is 549 g/mol. The van der Waals surface area contributed by atoms with Gasteiger partial charge in [-0.25, -0.2) is 0 Å². The third-order valence-corrected chi connectivity index (χ3v) is 7.51. The summed E-state index contributed by atoms with van der Waals surface area (Å²) in [4.78, 5) is 15.2. The van der Waals surface area contributed by atoms with Gasteiger partial charge < -0.3 is 14.2 Å². The number of thiocarbonyl (C=S) groups is 1. The Bertz CT molecular complexity index is 1060. The van der Waals surface area contributed by atoms with Gasteiger partial charge in [0, 0.05) is 11.1 Å². The highest BCUT2D eigenvalue weighted by atomic mass is 79.9. The van der Waals surface area contributed by atoms with Crippen LogP contribution in [-0.4, -0.2) is 41.0 Å². The van der Waals surface area contributed by atoms with Crippen LogP contribution in [0.3, 0.4) is 0 Å². The average Bonchev–Trinajstić information content (AvgIpc) is 3.40. The van der Waals surface area contributed by atoms with Gasteiger partial charge in [0.25, 0.3) is 5.91 Å². The van der Waals surface area contributed by atoms with Crippen molar-refractivity contribution in [1.82, 2.24) is 4.90 Å². The molecule has 0 aromatic heterocycles. The molecule has 2 aromatic carbocycles. The van der Waals surface area contributed by atoms with Crippen molar-refractivity contribution in [3.05, 3.63) is 62.5 Å². The zero-order valence-electron chi connectivity index (χ0n) is 18.6. The molecule has 1 amide bonds. The second-order valence-corrected chi connectivity index (χ2v) is 10.5. The molecule has 2 aliphatic rings. The van der Waals surface area contributed by atoms with E-state index in [1.54, 1.807) is 4.90 Å². The molecule has 0 aliphatic carbocycles. The Morgan fingerprint density at radius 3 is 2.70 bits per heavy atom. The fourth-order valence-corrected chi connectivity index (χ4v) is 5.38. The summed E-state index contributed by atoms with van der Waals surface area (Å²) >= 11 is 10.4. The van der Waals surface area contributed by atoms with Crippen molar-refractivity contribution >= 4 is 56.2 Å². The number of aryl methyl sites for hydroxylation is 1. The Morgan fingerprint density at radius 2 is 2.00 bits per heavy atom. The predicted octanol–water partition coefficient (Wildman–Crippen LogP) is 6.12. The van der Waals surface area contributed by atoms with Gasteiger partial charge in [-0.15, -0.1) is 0 Å². The largest absolute Gasteiger partial charge is 0.490 e. The number of hydrogen-bond donors (Lipinski definition) is 0. The third kappa shape index (κ3) is 5.98. The molecule has 4 rings (SSSR count). The molecule has 1 atom stereocenters. The number of carbonyl (C=O) groups is 1. The van der Waals surface area contributed by atoms with Crippen LogP contribution in [0.15, 0.2) is 45.8 Å². The lowest BCUT2D eigenvalue weighted by Gasteiger charge is -2.18. The van der Waals surface area contributed by atoms with Gasteiger partial charge >= 0.3 is 0 Å². The summed E-state index contributed by atoms with van der Waals surface area (Å²) < 4.78 is 19.0. The first-order chi connectivity index (χ1) is 15.9. The lowest BCUT2D eigenvalue weighted by molar-refractivity contribution is -0.123. The summed E-state index contributed by atoms with van der Waals surface area (Å²) in [5.74, 6) is 1.20. The van der Waals surface area contributed by atoms with Gasteiger partial charge in [0.2, 0.25) is 0 Å². The first-order valence-electron chi connectivity index (χ1n) is 11.0. The van der Waals surface area contributed by atoms with E-state index >= 15 is 0 Å². The highest BCUT2D eigenvalue weighted by Crippen LogP contribution is 2.39. The van der Waals surface area contributed by atoms with Gasteiger partial charge in [0.05, 0.1) is 24.2 Å². The molecule has 174 valence electrons. The van der Waals surface area contributed by atoms with E-state index in [-0.39, 0.29) is 12.0 Å². The number of amides is 1. The molecule has 0 saturated carbocycles. The van der Waals surface area contributed by atoms with Crippen molar-refractivity contribution in [2.45, 2.75) is 39.4 Å². The first-order valence-corrected chi connectivity index (χ1v) is 13.0. The lowest BCUT2D eigenvalue weighted by atomic mass is 10.1. The number of ether oxygens (including phenoxy) is 3. The Morgan fingerprint density at radius 1 is 1.24 bits per heavy atom. The van der Waals surface area contributed by atoms with Crippen LogP contribution >= 0.6 is 39.9 Å². The van der Waals surface area contributed by atoms with Gasteiger partial charge in [-0.3, -0.25) is 9.69 Å². The van der Waals surface area contributed by atoms with E-state index in [9.17, 15) is 4.79 Å². The number of carbonyl (C=O) groups excluding carboxylic acids is 1. The highest BCUT2D eigenvalue weighted by Gasteiger charge is 2.34. The first kappa shape index (κ1) is 24.3. The topological polar surface area (TPSA) is 48.0 Å². The van der Waals surface area contributed by atoms with E-state index in [2.05, 4.69) is 47.1 Å². The van der Waals surface area contributed by atoms with Crippen LogP contribution in [0, 0.1) is 6.92 Å². The van der Waals surface area contributed by atoms with Crippen molar-refractivity contribution in [1.29, 1.82) is 0 Å². The molecule has 2 fully saturated rings. The fraction of sp³-hybridized carbons (Fsp3) is 0.360. The van der Waals surface area contributed by atoms with Crippen LogP contribution in [0.2, 0.25) is 0 Å². The number of thioether (sulfide) groups is 1. The standard InChI is InChI=1S/C25H26BrNO4S2/c1-3-29-21-11-18(20(26)13-22(21)31-15-17-8-6-16(2)7-9-17)12-23-24(28)27(25(32)33-23)14-19-5-4-10-30-19/h6-9,11-13,19H,3-5,10,14-15H2,1-2H3/b23-12-/t19-/m1/s1. The van der Waals surface area contributed by atoms with E-state index in [0.29, 0.717) is 40.5 Å². The van der Waals surface area contributed by atoms with Crippen LogP contribution in [0.4, 0.5) is 0 Å². The highest BCUT2D eigenvalue weighted by molar-refractivity contribution is 9.10. The molecule has 0 spiro atoms. The third-order valence-electron chi connectivity index (χ3n) is 5.45. The van der Waals surface area contributed by atoms with Crippen molar-refractivity contribution in [2.75, 3.05) is 19.8 Å². The van der Waals surface area contributed by atoms with E-state index in [4.69, 9.17) is 26.4 Å². The number of hydrogen-bond acceptors (Lipinski definition) is 6. The van der Waals surface area contributed by atoms with Gasteiger partial charge in [0.1, 0.15) is 10.9 Å². The second kappa shape index (κ2) is 11.0. The van der Waals surface area contributed by atoms with E-state index < -0.39 is 0 Å². The molecule has 2 aromatic rings. The molecular weight excluding hydrogens is 522 g/mol. The lowest BCUT2D eigenvalue weighted by Crippen LogP contribution is -2.35. The van der Waals surface area contributed by atoms with E-state index in [1.165, 1.54) is 17.3 Å². The van der Waals surface area contributed by atoms with Gasteiger partial charge in [-0.05, 0) is 56.0 Å². The molecule has 0 unspecified atom stereocenters. The number of halogens is 1. The molecule has 8 heteroatoms. The van der Waals surface area contributed by atoms with Gasteiger partial charge in [0.15, 0.2) is 11.5 Å². The van der Waals surface area contributed by atoms with Crippen LogP contribution in [0.1, 0.15) is 36.5 Å². The number of nitrogens with zero attached hydrogens (tertiary/aromatic N) is 1. The van der Waals surface area contributed by atoms with Gasteiger partial charge in [-0.1, -0.05) is 69.7 Å². The minimum atomic E-state index is -0.0787. The summed E-state index contributed by atoms with van der Waals surface area (Å²) in [6.45, 7) is 6.20. The van der Waals surface area contributed by atoms with Crippen LogP contribution in [0.25, 0.3) is 6.08 Å². The summed E-state index contributed by atoms with van der Waals surface area (Å²) in [6.07, 6.45) is 3.91. The van der Waals surface area contributed by atoms with Crippen LogP contribution in [-0.2, 0) is 16.1 Å². The van der Waals surface area contributed by atoms with Crippen LogP contribution < -0.4 is 9.47 Å². The molecule has 2 saturated heterocycles. The smallest absolute Gasteiger partial charge is 0.266 e. The van der Waals surface area contributed by atoms with Crippen molar-refractivity contribution in [3.8, 4) is 11.5 Å². The molecule has 5 nitrogen and oxygen atoms in total. The second-order valence-electron chi connectivity index (χ2n) is 7.96. The monoisotopic (exact) mass is 547 g/mol. The fourth-order valence-electron chi connectivity index (χ4n) is 3.68. The SMILES string of the molecule is CCOc1cc(/C=C2\SC(=S)N(C[C@H]3CCCO3)C2=O)c(Br)cc1OCc1ccc(C)cc1. The molecule has 2 aliphatic heterocycles. The molecule has 2 heterocycles. The Labute approximate surface area is 212 Å². The maximum atomic E-state index is 13.0. The quantitative estimate of drug-likeness (QED) is 0.293. The Balaban J connectivity index is 1.53. The molecule has 0 N–H and O–H groups in total. The van der Waals surface area contributed by atoms with Gasteiger partial charge in [-0.2, -0.15) is 0 Å². The Kier molecular flexibility index (Phi) is 8.11. The Hall–Kier alpha value is -1.87. The normalized spacial score (nSPS) is 19.5. The van der Waals surface area contributed by atoms with Crippen LogP contribution in [0.5, 0.6) is 11.5 Å². The van der Waals surface area contributed by atoms with E-state index in [1.807, 2.05) is 25.1 Å². The number of benzene rings is 2. The van der Waals surface area contributed by atoms with Crippen molar-refractivity contribution in [3.63, 3.8) is 0 Å². The summed E-state index contributed by atoms with van der Waals surface area (Å²) in [7, 11) is 0. The minimum absolute atomic E-state index is 0.0631. The zero-order valence-corrected chi connectivity index (χ0v) is 21.9.